The van der Waals surface area contributed by atoms with Crippen LogP contribution in [0.5, 0.6) is 5.75 Å². The smallest absolute Gasteiger partial charge is 0.306 e. The van der Waals surface area contributed by atoms with Crippen molar-refractivity contribution in [1.29, 1.82) is 0 Å². The van der Waals surface area contributed by atoms with Gasteiger partial charge in [0.25, 0.3) is 0 Å². The van der Waals surface area contributed by atoms with Crippen molar-refractivity contribution in [3.63, 3.8) is 0 Å². The van der Waals surface area contributed by atoms with E-state index in [1.165, 1.54) is 0 Å². The predicted octanol–water partition coefficient (Wildman–Crippen LogP) is 2.44. The second kappa shape index (κ2) is 5.45. The SMILES string of the molecule is CC(Cc1cccc(OC2CSC2)c1)C(=O)O. The first-order chi connectivity index (χ1) is 8.15. The summed E-state index contributed by atoms with van der Waals surface area (Å²) in [6.45, 7) is 1.72. The van der Waals surface area contributed by atoms with E-state index >= 15 is 0 Å². The molecule has 0 amide bonds. The number of rotatable bonds is 5. The molecule has 1 aliphatic heterocycles. The molecule has 1 unspecified atom stereocenters. The highest BCUT2D eigenvalue weighted by atomic mass is 32.2. The van der Waals surface area contributed by atoms with Crippen LogP contribution in [0.25, 0.3) is 0 Å². The topological polar surface area (TPSA) is 46.5 Å². The summed E-state index contributed by atoms with van der Waals surface area (Å²) in [5.74, 6) is 1.84. The second-order valence-corrected chi connectivity index (χ2v) is 5.44. The summed E-state index contributed by atoms with van der Waals surface area (Å²) in [6, 6.07) is 7.74. The summed E-state index contributed by atoms with van der Waals surface area (Å²) in [6.07, 6.45) is 0.874. The molecule has 0 radical (unpaired) electrons. The Balaban J connectivity index is 1.97. The van der Waals surface area contributed by atoms with E-state index in [4.69, 9.17) is 9.84 Å². The molecule has 1 N–H and O–H groups in total. The summed E-state index contributed by atoms with van der Waals surface area (Å²) >= 11 is 1.88. The van der Waals surface area contributed by atoms with Crippen molar-refractivity contribution in [2.24, 2.45) is 5.92 Å². The van der Waals surface area contributed by atoms with Crippen LogP contribution in [0.15, 0.2) is 24.3 Å². The van der Waals surface area contributed by atoms with Crippen LogP contribution in [0.1, 0.15) is 12.5 Å². The molecule has 0 aromatic heterocycles. The van der Waals surface area contributed by atoms with Gasteiger partial charge in [-0.2, -0.15) is 11.8 Å². The van der Waals surface area contributed by atoms with Gasteiger partial charge in [-0.15, -0.1) is 0 Å². The fraction of sp³-hybridized carbons (Fsp3) is 0.462. The highest BCUT2D eigenvalue weighted by molar-refractivity contribution is 8.00. The summed E-state index contributed by atoms with van der Waals surface area (Å²) < 4.78 is 5.76. The first-order valence-electron chi connectivity index (χ1n) is 5.71. The molecule has 92 valence electrons. The lowest BCUT2D eigenvalue weighted by Gasteiger charge is -2.26. The summed E-state index contributed by atoms with van der Waals surface area (Å²) in [4.78, 5) is 10.8. The average Bonchev–Trinajstić information content (AvgIpc) is 2.24. The molecule has 1 fully saturated rings. The number of carboxylic acids is 1. The van der Waals surface area contributed by atoms with Gasteiger partial charge in [0.15, 0.2) is 0 Å². The first kappa shape index (κ1) is 12.3. The van der Waals surface area contributed by atoms with Gasteiger partial charge in [-0.1, -0.05) is 19.1 Å². The number of hydrogen-bond donors (Lipinski definition) is 1. The van der Waals surface area contributed by atoms with E-state index in [2.05, 4.69) is 0 Å². The highest BCUT2D eigenvalue weighted by Gasteiger charge is 2.20. The minimum atomic E-state index is -0.758. The van der Waals surface area contributed by atoms with E-state index < -0.39 is 5.97 Å². The van der Waals surface area contributed by atoms with Crippen molar-refractivity contribution in [3.05, 3.63) is 29.8 Å². The Kier molecular flexibility index (Phi) is 3.94. The molecule has 1 saturated heterocycles. The van der Waals surface area contributed by atoms with Gasteiger partial charge in [-0.05, 0) is 24.1 Å². The fourth-order valence-electron chi connectivity index (χ4n) is 1.66. The van der Waals surface area contributed by atoms with Crippen molar-refractivity contribution in [2.45, 2.75) is 19.4 Å². The van der Waals surface area contributed by atoms with Gasteiger partial charge in [0.1, 0.15) is 11.9 Å². The van der Waals surface area contributed by atoms with Crippen LogP contribution in [0, 0.1) is 5.92 Å². The Morgan fingerprint density at radius 3 is 2.94 bits per heavy atom. The Bertz CT molecular complexity index is 401. The summed E-state index contributed by atoms with van der Waals surface area (Å²) in [5, 5.41) is 8.87. The molecule has 0 spiro atoms. The Morgan fingerprint density at radius 2 is 2.35 bits per heavy atom. The standard InChI is InChI=1S/C13H16O3S/c1-9(13(14)15)5-10-3-2-4-11(6-10)16-12-7-17-8-12/h2-4,6,9,12H,5,7-8H2,1H3,(H,14,15). The van der Waals surface area contributed by atoms with Crippen LogP contribution >= 0.6 is 11.8 Å². The van der Waals surface area contributed by atoms with Crippen LogP contribution in [0.4, 0.5) is 0 Å². The van der Waals surface area contributed by atoms with E-state index in [1.807, 2.05) is 36.0 Å². The molecule has 1 aromatic carbocycles. The van der Waals surface area contributed by atoms with Gasteiger partial charge in [0.2, 0.25) is 0 Å². The van der Waals surface area contributed by atoms with Gasteiger partial charge < -0.3 is 9.84 Å². The fourth-order valence-corrected chi connectivity index (χ4v) is 2.23. The van der Waals surface area contributed by atoms with Crippen molar-refractivity contribution in [3.8, 4) is 5.75 Å². The van der Waals surface area contributed by atoms with E-state index in [0.717, 1.165) is 22.8 Å². The van der Waals surface area contributed by atoms with Crippen LogP contribution in [0.3, 0.4) is 0 Å². The van der Waals surface area contributed by atoms with Crippen molar-refractivity contribution in [1.82, 2.24) is 0 Å². The monoisotopic (exact) mass is 252 g/mol. The molecule has 1 atom stereocenters. The maximum Gasteiger partial charge on any atom is 0.306 e. The Hall–Kier alpha value is -1.16. The minimum absolute atomic E-state index is 0.326. The quantitative estimate of drug-likeness (QED) is 0.874. The average molecular weight is 252 g/mol. The van der Waals surface area contributed by atoms with Crippen molar-refractivity contribution < 1.29 is 14.6 Å². The largest absolute Gasteiger partial charge is 0.489 e. The highest BCUT2D eigenvalue weighted by Crippen LogP contribution is 2.24. The molecule has 3 nitrogen and oxygen atoms in total. The third-order valence-electron chi connectivity index (χ3n) is 2.77. The molecule has 1 aliphatic rings. The lowest BCUT2D eigenvalue weighted by atomic mass is 10.0. The Labute approximate surface area is 105 Å². The molecule has 17 heavy (non-hydrogen) atoms. The maximum absolute atomic E-state index is 10.8. The summed E-state index contributed by atoms with van der Waals surface area (Å²) in [5.41, 5.74) is 1.02. The first-order valence-corrected chi connectivity index (χ1v) is 6.87. The second-order valence-electron chi connectivity index (χ2n) is 4.37. The zero-order valence-electron chi connectivity index (χ0n) is 9.76. The molecule has 2 rings (SSSR count). The zero-order valence-corrected chi connectivity index (χ0v) is 10.6. The van der Waals surface area contributed by atoms with Gasteiger partial charge in [-0.3, -0.25) is 4.79 Å². The van der Waals surface area contributed by atoms with Crippen LogP contribution < -0.4 is 4.74 Å². The minimum Gasteiger partial charge on any atom is -0.489 e. The van der Waals surface area contributed by atoms with Gasteiger partial charge in [0.05, 0.1) is 5.92 Å². The van der Waals surface area contributed by atoms with Crippen LogP contribution in [-0.2, 0) is 11.2 Å². The molecule has 1 heterocycles. The number of aliphatic carboxylic acids is 1. The van der Waals surface area contributed by atoms with Crippen LogP contribution in [-0.4, -0.2) is 28.7 Å². The summed E-state index contributed by atoms with van der Waals surface area (Å²) in [7, 11) is 0. The number of ether oxygens (including phenoxy) is 1. The van der Waals surface area contributed by atoms with E-state index in [1.54, 1.807) is 6.92 Å². The van der Waals surface area contributed by atoms with Gasteiger partial charge >= 0.3 is 5.97 Å². The third-order valence-corrected chi connectivity index (χ3v) is 3.99. The van der Waals surface area contributed by atoms with E-state index in [-0.39, 0.29) is 5.92 Å². The van der Waals surface area contributed by atoms with E-state index in [0.29, 0.717) is 12.5 Å². The number of carboxylic acid groups (broad SMARTS) is 1. The number of carbonyl (C=O) groups is 1. The number of hydrogen-bond acceptors (Lipinski definition) is 3. The number of thioether (sulfide) groups is 1. The van der Waals surface area contributed by atoms with Crippen LogP contribution in [0.2, 0.25) is 0 Å². The molecule has 4 heteroatoms. The Morgan fingerprint density at radius 1 is 1.59 bits per heavy atom. The lowest BCUT2D eigenvalue weighted by molar-refractivity contribution is -0.141. The predicted molar refractivity (Wildman–Crippen MR) is 68.7 cm³/mol. The molecule has 1 aromatic rings. The molecular weight excluding hydrogens is 236 g/mol. The molecule has 0 bridgehead atoms. The molecule has 0 aliphatic carbocycles. The zero-order chi connectivity index (χ0) is 12.3. The van der Waals surface area contributed by atoms with E-state index in [9.17, 15) is 4.79 Å². The number of benzene rings is 1. The molecular formula is C13H16O3S. The van der Waals surface area contributed by atoms with Gasteiger partial charge in [0, 0.05) is 11.5 Å². The normalized spacial score (nSPS) is 17.2. The van der Waals surface area contributed by atoms with Crippen molar-refractivity contribution in [2.75, 3.05) is 11.5 Å². The maximum atomic E-state index is 10.8. The van der Waals surface area contributed by atoms with Gasteiger partial charge in [-0.25, -0.2) is 0 Å². The lowest BCUT2D eigenvalue weighted by Crippen LogP contribution is -2.31. The third kappa shape index (κ3) is 3.40. The molecule has 0 saturated carbocycles. The van der Waals surface area contributed by atoms with Crippen molar-refractivity contribution >= 4 is 17.7 Å².